The van der Waals surface area contributed by atoms with Gasteiger partial charge in [0.2, 0.25) is 15.9 Å². The molecule has 0 spiro atoms. The Balaban J connectivity index is 1.45. The zero-order chi connectivity index (χ0) is 21.8. The molecule has 1 N–H and O–H groups in total. The van der Waals surface area contributed by atoms with Crippen molar-refractivity contribution in [3.63, 3.8) is 0 Å². The van der Waals surface area contributed by atoms with E-state index >= 15 is 0 Å². The van der Waals surface area contributed by atoms with Crippen LogP contribution < -0.4 is 5.32 Å². The Morgan fingerprint density at radius 2 is 2.03 bits per heavy atom. The maximum atomic E-state index is 13.3. The van der Waals surface area contributed by atoms with Crippen LogP contribution >= 0.6 is 0 Å². The number of sulfonamides is 1. The lowest BCUT2D eigenvalue weighted by atomic mass is 9.92. The number of anilines is 1. The maximum Gasteiger partial charge on any atom is 0.243 e. The monoisotopic (exact) mass is 441 g/mol. The normalized spacial score (nSPS) is 19.9. The van der Waals surface area contributed by atoms with Gasteiger partial charge in [-0.15, -0.1) is 0 Å². The first kappa shape index (κ1) is 21.6. The molecule has 3 heterocycles. The highest BCUT2D eigenvalue weighted by molar-refractivity contribution is 7.89. The molecule has 0 bridgehead atoms. The minimum atomic E-state index is -3.70. The van der Waals surface area contributed by atoms with E-state index in [2.05, 4.69) is 10.3 Å². The highest BCUT2D eigenvalue weighted by atomic mass is 32.2. The van der Waals surface area contributed by atoms with Gasteiger partial charge in [-0.05, 0) is 68.0 Å². The summed E-state index contributed by atoms with van der Waals surface area (Å²) in [7, 11) is -3.70. The SMILES string of the molecule is O=C1CCCc2cc(S(=O)(=O)N3CCCC(C(=O)CCc4ccccn4)C3)ccc2N1. The van der Waals surface area contributed by atoms with Crippen LogP contribution in [0.1, 0.15) is 43.4 Å². The topological polar surface area (TPSA) is 96.4 Å². The smallest absolute Gasteiger partial charge is 0.243 e. The lowest BCUT2D eigenvalue weighted by Crippen LogP contribution is -2.42. The second kappa shape index (κ2) is 9.28. The van der Waals surface area contributed by atoms with E-state index in [0.29, 0.717) is 57.2 Å². The molecule has 164 valence electrons. The van der Waals surface area contributed by atoms with Crippen molar-refractivity contribution in [3.05, 3.63) is 53.9 Å². The van der Waals surface area contributed by atoms with Gasteiger partial charge in [0.25, 0.3) is 0 Å². The number of ketones is 1. The second-order valence-electron chi connectivity index (χ2n) is 8.21. The van der Waals surface area contributed by atoms with Crippen molar-refractivity contribution >= 4 is 27.4 Å². The number of rotatable bonds is 6. The van der Waals surface area contributed by atoms with Crippen molar-refractivity contribution in [2.45, 2.75) is 49.8 Å². The number of aromatic nitrogens is 1. The van der Waals surface area contributed by atoms with Crippen molar-refractivity contribution in [1.29, 1.82) is 0 Å². The molecular formula is C23H27N3O4S. The molecule has 0 radical (unpaired) electrons. The van der Waals surface area contributed by atoms with Crippen LogP contribution in [0.4, 0.5) is 5.69 Å². The number of pyridine rings is 1. The highest BCUT2D eigenvalue weighted by Crippen LogP contribution is 2.29. The summed E-state index contributed by atoms with van der Waals surface area (Å²) >= 11 is 0. The first-order chi connectivity index (χ1) is 14.9. The summed E-state index contributed by atoms with van der Waals surface area (Å²) in [5.41, 5.74) is 2.39. The quantitative estimate of drug-likeness (QED) is 0.743. The Kier molecular flexibility index (Phi) is 6.48. The number of nitrogens with one attached hydrogen (secondary N) is 1. The highest BCUT2D eigenvalue weighted by Gasteiger charge is 2.33. The van der Waals surface area contributed by atoms with Gasteiger partial charge in [0, 0.05) is 49.4 Å². The molecule has 31 heavy (non-hydrogen) atoms. The molecule has 2 aliphatic heterocycles. The summed E-state index contributed by atoms with van der Waals surface area (Å²) in [6.45, 7) is 0.636. The Labute approximate surface area is 182 Å². The Hall–Kier alpha value is -2.58. The molecule has 0 aliphatic carbocycles. The molecule has 2 aromatic rings. The van der Waals surface area contributed by atoms with Gasteiger partial charge in [-0.1, -0.05) is 6.07 Å². The Morgan fingerprint density at radius 1 is 1.16 bits per heavy atom. The van der Waals surface area contributed by atoms with E-state index in [-0.39, 0.29) is 29.0 Å². The van der Waals surface area contributed by atoms with Gasteiger partial charge >= 0.3 is 0 Å². The third-order valence-corrected chi connectivity index (χ3v) is 7.89. The molecule has 4 rings (SSSR count). The maximum absolute atomic E-state index is 13.3. The number of Topliss-reactive ketones (excluding diaryl/α,β-unsaturated/α-hetero) is 1. The van der Waals surface area contributed by atoms with Crippen LogP contribution in [-0.2, 0) is 32.5 Å². The molecular weight excluding hydrogens is 414 g/mol. The molecule has 1 aromatic carbocycles. The van der Waals surface area contributed by atoms with Crippen LogP contribution in [0.25, 0.3) is 0 Å². The number of nitrogens with zero attached hydrogens (tertiary/aromatic N) is 2. The number of carbonyl (C=O) groups excluding carboxylic acids is 2. The molecule has 7 nitrogen and oxygen atoms in total. The van der Waals surface area contributed by atoms with Gasteiger partial charge in [-0.2, -0.15) is 4.31 Å². The van der Waals surface area contributed by atoms with Crippen molar-refractivity contribution < 1.29 is 18.0 Å². The lowest BCUT2D eigenvalue weighted by Gasteiger charge is -2.31. The predicted octanol–water partition coefficient (Wildman–Crippen LogP) is 2.96. The molecule has 1 amide bonds. The molecule has 2 aliphatic rings. The molecule has 1 fully saturated rings. The number of fused-ring (bicyclic) bond motifs is 1. The van der Waals surface area contributed by atoms with Crippen molar-refractivity contribution in [3.8, 4) is 0 Å². The number of aryl methyl sites for hydroxylation is 2. The van der Waals surface area contributed by atoms with E-state index in [0.717, 1.165) is 11.3 Å². The molecule has 8 heteroatoms. The van der Waals surface area contributed by atoms with Crippen molar-refractivity contribution in [2.75, 3.05) is 18.4 Å². The first-order valence-corrected chi connectivity index (χ1v) is 12.2. The van der Waals surface area contributed by atoms with E-state index in [4.69, 9.17) is 0 Å². The molecule has 1 aromatic heterocycles. The number of benzene rings is 1. The van der Waals surface area contributed by atoms with E-state index in [1.165, 1.54) is 4.31 Å². The summed E-state index contributed by atoms with van der Waals surface area (Å²) < 4.78 is 28.0. The van der Waals surface area contributed by atoms with Crippen LogP contribution in [0.5, 0.6) is 0 Å². The van der Waals surface area contributed by atoms with Gasteiger partial charge in [-0.3, -0.25) is 14.6 Å². The number of amides is 1. The summed E-state index contributed by atoms with van der Waals surface area (Å²) in [4.78, 5) is 29.0. The zero-order valence-electron chi connectivity index (χ0n) is 17.4. The average molecular weight is 442 g/mol. The van der Waals surface area contributed by atoms with Gasteiger partial charge in [0.15, 0.2) is 0 Å². The van der Waals surface area contributed by atoms with Crippen LogP contribution in [0.15, 0.2) is 47.5 Å². The van der Waals surface area contributed by atoms with E-state index < -0.39 is 10.0 Å². The van der Waals surface area contributed by atoms with Crippen LogP contribution in [0, 0.1) is 5.92 Å². The fourth-order valence-corrected chi connectivity index (χ4v) is 5.86. The summed E-state index contributed by atoms with van der Waals surface area (Å²) in [6.07, 6.45) is 5.81. The van der Waals surface area contributed by atoms with Crippen LogP contribution in [0.3, 0.4) is 0 Å². The third-order valence-electron chi connectivity index (χ3n) is 6.03. The van der Waals surface area contributed by atoms with Gasteiger partial charge in [0.05, 0.1) is 4.90 Å². The van der Waals surface area contributed by atoms with E-state index in [1.54, 1.807) is 24.4 Å². The Bertz CT molecular complexity index is 1070. The van der Waals surface area contributed by atoms with Crippen LogP contribution in [-0.4, -0.2) is 42.5 Å². The fourth-order valence-electron chi connectivity index (χ4n) is 4.29. The fraction of sp³-hybridized carbons (Fsp3) is 0.435. The number of hydrogen-bond acceptors (Lipinski definition) is 5. The number of carbonyl (C=O) groups is 2. The number of hydrogen-bond donors (Lipinski definition) is 1. The molecule has 1 atom stereocenters. The van der Waals surface area contributed by atoms with E-state index in [1.807, 2.05) is 18.2 Å². The van der Waals surface area contributed by atoms with Crippen molar-refractivity contribution in [1.82, 2.24) is 9.29 Å². The zero-order valence-corrected chi connectivity index (χ0v) is 18.2. The van der Waals surface area contributed by atoms with E-state index in [9.17, 15) is 18.0 Å². The standard InChI is InChI=1S/C23H27N3O4S/c27-22(12-9-19-7-1-2-13-24-19)18-6-4-14-26(16-18)31(29,30)20-10-11-21-17(15-20)5-3-8-23(28)25-21/h1-2,7,10-11,13,15,18H,3-6,8-9,12,14,16H2,(H,25,28). The van der Waals surface area contributed by atoms with Crippen LogP contribution in [0.2, 0.25) is 0 Å². The summed E-state index contributed by atoms with van der Waals surface area (Å²) in [6, 6.07) is 10.5. The van der Waals surface area contributed by atoms with Gasteiger partial charge in [0.1, 0.15) is 5.78 Å². The molecule has 1 unspecified atom stereocenters. The van der Waals surface area contributed by atoms with Gasteiger partial charge in [-0.25, -0.2) is 8.42 Å². The van der Waals surface area contributed by atoms with Gasteiger partial charge < -0.3 is 5.32 Å². The predicted molar refractivity (Wildman–Crippen MR) is 117 cm³/mol. The lowest BCUT2D eigenvalue weighted by molar-refractivity contribution is -0.124. The first-order valence-electron chi connectivity index (χ1n) is 10.8. The molecule has 1 saturated heterocycles. The number of piperidine rings is 1. The summed E-state index contributed by atoms with van der Waals surface area (Å²) in [5.74, 6) is -0.236. The van der Waals surface area contributed by atoms with Crippen molar-refractivity contribution in [2.24, 2.45) is 5.92 Å². The minimum Gasteiger partial charge on any atom is -0.326 e. The average Bonchev–Trinajstić information content (AvgIpc) is 2.98. The third kappa shape index (κ3) is 5.02. The largest absolute Gasteiger partial charge is 0.326 e. The molecule has 0 saturated carbocycles. The Morgan fingerprint density at radius 3 is 2.84 bits per heavy atom. The second-order valence-corrected chi connectivity index (χ2v) is 10.1. The minimum absolute atomic E-state index is 0.0440. The summed E-state index contributed by atoms with van der Waals surface area (Å²) in [5, 5.41) is 2.83.